The van der Waals surface area contributed by atoms with Crippen LogP contribution in [0.5, 0.6) is 5.75 Å². The van der Waals surface area contributed by atoms with Crippen LogP contribution in [0.15, 0.2) is 71.6 Å². The lowest BCUT2D eigenvalue weighted by Gasteiger charge is -2.24. The molecule has 0 fully saturated rings. The van der Waals surface area contributed by atoms with E-state index >= 15 is 0 Å². The van der Waals surface area contributed by atoms with Crippen molar-refractivity contribution in [3.8, 4) is 5.75 Å². The van der Waals surface area contributed by atoms with Crippen LogP contribution in [0.3, 0.4) is 0 Å². The van der Waals surface area contributed by atoms with Crippen molar-refractivity contribution in [3.63, 3.8) is 0 Å². The van der Waals surface area contributed by atoms with Crippen molar-refractivity contribution in [1.82, 2.24) is 0 Å². The van der Waals surface area contributed by atoms with Crippen LogP contribution in [-0.2, 0) is 19.6 Å². The summed E-state index contributed by atoms with van der Waals surface area (Å²) in [4.78, 5) is 35.7. The minimum Gasteiger partial charge on any atom is -0.497 e. The van der Waals surface area contributed by atoms with E-state index in [0.29, 0.717) is 5.75 Å². The first kappa shape index (κ1) is 27.1. The standard InChI is InChI=1S/C25H25N3O8S/c1-4-36-25(30)21-7-5-6-8-22(21)26-24(29)16-27(18-10-12-19(35-3)13-11-18)37(33,34)20-14-9-17(2)23(15-20)28(31)32/h5-15H,4,16H2,1-3H3,(H,26,29). The zero-order chi connectivity index (χ0) is 27.2. The first-order chi connectivity index (χ1) is 17.6. The molecule has 0 heterocycles. The molecule has 0 saturated heterocycles. The molecule has 1 amide bonds. The van der Waals surface area contributed by atoms with Crippen LogP contribution in [0.4, 0.5) is 17.1 Å². The number of nitrogens with one attached hydrogen (secondary N) is 1. The number of ether oxygens (including phenoxy) is 2. The summed E-state index contributed by atoms with van der Waals surface area (Å²) in [5, 5.41) is 14.0. The molecule has 0 radical (unpaired) electrons. The van der Waals surface area contributed by atoms with Gasteiger partial charge < -0.3 is 14.8 Å². The largest absolute Gasteiger partial charge is 0.497 e. The van der Waals surface area contributed by atoms with Gasteiger partial charge in [0.15, 0.2) is 0 Å². The number of benzene rings is 3. The van der Waals surface area contributed by atoms with E-state index in [1.807, 2.05) is 0 Å². The minimum atomic E-state index is -4.43. The van der Waals surface area contributed by atoms with Gasteiger partial charge in [0.2, 0.25) is 5.91 Å². The first-order valence-corrected chi connectivity index (χ1v) is 12.5. The number of carbonyl (C=O) groups is 2. The summed E-state index contributed by atoms with van der Waals surface area (Å²) in [5.41, 5.74) is 0.282. The van der Waals surface area contributed by atoms with Crippen molar-refractivity contribution in [2.24, 2.45) is 0 Å². The molecule has 0 aliphatic rings. The van der Waals surface area contributed by atoms with Crippen LogP contribution in [0, 0.1) is 17.0 Å². The highest BCUT2D eigenvalue weighted by Crippen LogP contribution is 2.29. The number of methoxy groups -OCH3 is 1. The monoisotopic (exact) mass is 527 g/mol. The molecule has 0 bridgehead atoms. The lowest BCUT2D eigenvalue weighted by atomic mass is 10.2. The van der Waals surface area contributed by atoms with Crippen LogP contribution < -0.4 is 14.4 Å². The number of carbonyl (C=O) groups excluding carboxylic acids is 2. The van der Waals surface area contributed by atoms with Crippen molar-refractivity contribution in [1.29, 1.82) is 0 Å². The molecule has 37 heavy (non-hydrogen) atoms. The average Bonchev–Trinajstić information content (AvgIpc) is 2.87. The predicted octanol–water partition coefficient (Wildman–Crippen LogP) is 3.92. The molecule has 0 aliphatic carbocycles. The lowest BCUT2D eigenvalue weighted by Crippen LogP contribution is -2.38. The second-order valence-corrected chi connectivity index (χ2v) is 9.59. The van der Waals surface area contributed by atoms with Crippen molar-refractivity contribution >= 4 is 39.0 Å². The van der Waals surface area contributed by atoms with Gasteiger partial charge >= 0.3 is 5.97 Å². The third-order valence-corrected chi connectivity index (χ3v) is 7.08. The first-order valence-electron chi connectivity index (χ1n) is 11.1. The number of hydrogen-bond acceptors (Lipinski definition) is 8. The highest BCUT2D eigenvalue weighted by molar-refractivity contribution is 7.92. The Morgan fingerprint density at radius 1 is 1.05 bits per heavy atom. The quantitative estimate of drug-likeness (QED) is 0.237. The van der Waals surface area contributed by atoms with Crippen molar-refractivity contribution < 1.29 is 32.4 Å². The van der Waals surface area contributed by atoms with Crippen LogP contribution in [0.25, 0.3) is 0 Å². The highest BCUT2D eigenvalue weighted by Gasteiger charge is 2.30. The molecule has 11 nitrogen and oxygen atoms in total. The topological polar surface area (TPSA) is 145 Å². The number of nitrogens with zero attached hydrogens (tertiary/aromatic N) is 2. The molecule has 0 atom stereocenters. The fourth-order valence-electron chi connectivity index (χ4n) is 3.44. The molecular formula is C25H25N3O8S. The van der Waals surface area contributed by atoms with Crippen molar-refractivity contribution in [2.45, 2.75) is 18.7 Å². The van der Waals surface area contributed by atoms with Gasteiger partial charge in [-0.15, -0.1) is 0 Å². The van der Waals surface area contributed by atoms with Gasteiger partial charge in [-0.05, 0) is 56.3 Å². The summed E-state index contributed by atoms with van der Waals surface area (Å²) in [7, 11) is -2.99. The van der Waals surface area contributed by atoms with Gasteiger partial charge in [0.25, 0.3) is 15.7 Å². The van der Waals surface area contributed by atoms with Crippen LogP contribution in [-0.4, -0.2) is 45.5 Å². The number of rotatable bonds is 10. The zero-order valence-electron chi connectivity index (χ0n) is 20.3. The minimum absolute atomic E-state index is 0.103. The number of esters is 1. The molecule has 3 rings (SSSR count). The average molecular weight is 528 g/mol. The molecule has 0 aromatic heterocycles. The van der Waals surface area contributed by atoms with Gasteiger partial charge in [0.1, 0.15) is 12.3 Å². The molecule has 0 aliphatic heterocycles. The number of para-hydroxylation sites is 1. The second kappa shape index (κ2) is 11.5. The number of nitro benzene ring substituents is 1. The molecule has 194 valence electrons. The number of anilines is 2. The van der Waals surface area contributed by atoms with Crippen LogP contribution in [0.1, 0.15) is 22.8 Å². The Hall–Kier alpha value is -4.45. The molecule has 12 heteroatoms. The van der Waals surface area contributed by atoms with Gasteiger partial charge in [0.05, 0.1) is 40.5 Å². The van der Waals surface area contributed by atoms with Crippen LogP contribution in [0.2, 0.25) is 0 Å². The van der Waals surface area contributed by atoms with E-state index in [1.54, 1.807) is 19.1 Å². The van der Waals surface area contributed by atoms with Gasteiger partial charge in [-0.2, -0.15) is 0 Å². The molecule has 0 unspecified atom stereocenters. The fourth-order valence-corrected chi connectivity index (χ4v) is 4.88. The summed E-state index contributed by atoms with van der Waals surface area (Å²) in [6, 6.07) is 15.6. The van der Waals surface area contributed by atoms with E-state index < -0.39 is 33.4 Å². The van der Waals surface area contributed by atoms with Gasteiger partial charge in [-0.25, -0.2) is 13.2 Å². The van der Waals surface area contributed by atoms with Crippen molar-refractivity contribution in [3.05, 3.63) is 88.0 Å². The maximum Gasteiger partial charge on any atom is 0.340 e. The van der Waals surface area contributed by atoms with Crippen LogP contribution >= 0.6 is 0 Å². The Morgan fingerprint density at radius 3 is 2.35 bits per heavy atom. The Balaban J connectivity index is 2.01. The Kier molecular flexibility index (Phi) is 8.45. The molecule has 3 aromatic rings. The summed E-state index contributed by atoms with van der Waals surface area (Å²) >= 11 is 0. The van der Waals surface area contributed by atoms with E-state index in [9.17, 15) is 28.1 Å². The Morgan fingerprint density at radius 2 is 1.73 bits per heavy atom. The summed E-state index contributed by atoms with van der Waals surface area (Å²) < 4.78 is 38.2. The summed E-state index contributed by atoms with van der Waals surface area (Å²) in [6.07, 6.45) is 0. The fraction of sp³-hybridized carbons (Fsp3) is 0.200. The van der Waals surface area contributed by atoms with Crippen molar-refractivity contribution in [2.75, 3.05) is 29.9 Å². The molecule has 1 N–H and O–H groups in total. The van der Waals surface area contributed by atoms with Gasteiger partial charge in [-0.3, -0.25) is 19.2 Å². The number of nitro groups is 1. The van der Waals surface area contributed by atoms with E-state index in [-0.39, 0.29) is 39.7 Å². The SMILES string of the molecule is CCOC(=O)c1ccccc1NC(=O)CN(c1ccc(OC)cc1)S(=O)(=O)c1ccc(C)c([N+](=O)[O-])c1. The number of aryl methyl sites for hydroxylation is 1. The van der Waals surface area contributed by atoms with E-state index in [2.05, 4.69) is 5.32 Å². The Labute approximate surface area is 213 Å². The lowest BCUT2D eigenvalue weighted by molar-refractivity contribution is -0.385. The zero-order valence-corrected chi connectivity index (χ0v) is 21.2. The van der Waals surface area contributed by atoms with Gasteiger partial charge in [-0.1, -0.05) is 18.2 Å². The predicted molar refractivity (Wildman–Crippen MR) is 136 cm³/mol. The second-order valence-electron chi connectivity index (χ2n) is 7.73. The van der Waals surface area contributed by atoms with Gasteiger partial charge in [0, 0.05) is 11.6 Å². The molecular weight excluding hydrogens is 502 g/mol. The number of amides is 1. The molecule has 3 aromatic carbocycles. The molecule has 0 spiro atoms. The maximum absolute atomic E-state index is 13.6. The summed E-state index contributed by atoms with van der Waals surface area (Å²) in [6.45, 7) is 2.58. The maximum atomic E-state index is 13.6. The third-order valence-electron chi connectivity index (χ3n) is 5.31. The number of sulfonamides is 1. The third kappa shape index (κ3) is 6.22. The Bertz CT molecular complexity index is 1420. The van der Waals surface area contributed by atoms with E-state index in [1.165, 1.54) is 62.6 Å². The van der Waals surface area contributed by atoms with E-state index in [4.69, 9.17) is 9.47 Å². The highest BCUT2D eigenvalue weighted by atomic mass is 32.2. The molecule has 0 saturated carbocycles. The smallest absolute Gasteiger partial charge is 0.340 e. The normalized spacial score (nSPS) is 10.9. The van der Waals surface area contributed by atoms with E-state index in [0.717, 1.165) is 10.4 Å². The summed E-state index contributed by atoms with van der Waals surface area (Å²) in [5.74, 6) is -0.942. The number of hydrogen-bond donors (Lipinski definition) is 1.